The van der Waals surface area contributed by atoms with Gasteiger partial charge in [-0.15, -0.1) is 0 Å². The molecule has 24 heavy (non-hydrogen) atoms. The molecule has 1 unspecified atom stereocenters. The molecule has 1 saturated heterocycles. The highest BCUT2D eigenvalue weighted by Gasteiger charge is 2.30. The lowest BCUT2D eigenvalue weighted by Crippen LogP contribution is -2.32. The smallest absolute Gasteiger partial charge is 0.228 e. The molecule has 0 aliphatic carbocycles. The molecule has 0 aromatic carbocycles. The van der Waals surface area contributed by atoms with Gasteiger partial charge in [0.15, 0.2) is 4.32 Å². The SMILES string of the molecule is C/C=C\C=C/C=NC(=S)SC(C)(C#N)CCC(=O)N1CCSC1=S. The van der Waals surface area contributed by atoms with Gasteiger partial charge in [-0.25, -0.2) is 4.99 Å². The van der Waals surface area contributed by atoms with Crippen molar-refractivity contribution in [2.75, 3.05) is 12.3 Å². The summed E-state index contributed by atoms with van der Waals surface area (Å²) >= 11 is 13.1. The summed E-state index contributed by atoms with van der Waals surface area (Å²) in [5.41, 5.74) is 0. The van der Waals surface area contributed by atoms with Crippen LogP contribution >= 0.6 is 48.0 Å². The fourth-order valence-electron chi connectivity index (χ4n) is 1.78. The lowest BCUT2D eigenvalue weighted by molar-refractivity contribution is -0.127. The summed E-state index contributed by atoms with van der Waals surface area (Å²) in [6, 6.07) is 2.24. The molecule has 1 aliphatic rings. The largest absolute Gasteiger partial charge is 0.297 e. The predicted octanol–water partition coefficient (Wildman–Crippen LogP) is 4.13. The average Bonchev–Trinajstić information content (AvgIpc) is 2.98. The molecule has 0 aromatic rings. The molecule has 0 spiro atoms. The number of hydrogen-bond acceptors (Lipinski definition) is 6. The highest BCUT2D eigenvalue weighted by molar-refractivity contribution is 8.24. The minimum Gasteiger partial charge on any atom is -0.297 e. The van der Waals surface area contributed by atoms with E-state index in [1.165, 1.54) is 23.5 Å². The third kappa shape index (κ3) is 7.26. The molecule has 0 saturated carbocycles. The van der Waals surface area contributed by atoms with E-state index in [-0.39, 0.29) is 12.3 Å². The Morgan fingerprint density at radius 2 is 2.29 bits per heavy atom. The molecule has 1 amide bonds. The molecule has 1 atom stereocenters. The van der Waals surface area contributed by atoms with Gasteiger partial charge in [-0.1, -0.05) is 66.2 Å². The second-order valence-electron chi connectivity index (χ2n) is 5.06. The quantitative estimate of drug-likeness (QED) is 0.382. The predicted molar refractivity (Wildman–Crippen MR) is 113 cm³/mol. The van der Waals surface area contributed by atoms with Crippen LogP contribution in [0.15, 0.2) is 29.3 Å². The standard InChI is InChI=1S/C16H19N3OS4/c1-3-4-5-6-9-18-14(21)24-16(2,12-17)8-7-13(20)19-10-11-23-15(19)22/h3-6,9H,7-8,10-11H2,1-2H3/b4-3-,6-5-,18-9?. The van der Waals surface area contributed by atoms with Gasteiger partial charge in [0.05, 0.1) is 6.07 Å². The van der Waals surface area contributed by atoms with Crippen molar-refractivity contribution in [3.8, 4) is 6.07 Å². The molecule has 0 aromatic heterocycles. The molecule has 1 heterocycles. The van der Waals surface area contributed by atoms with Gasteiger partial charge in [-0.3, -0.25) is 9.69 Å². The third-order valence-corrected chi connectivity index (χ3v) is 5.92. The van der Waals surface area contributed by atoms with Gasteiger partial charge in [0.1, 0.15) is 9.07 Å². The number of carbonyl (C=O) groups is 1. The van der Waals surface area contributed by atoms with Gasteiger partial charge in [-0.05, 0) is 26.3 Å². The maximum atomic E-state index is 12.2. The molecule has 8 heteroatoms. The number of aliphatic imine (C=N–C) groups is 1. The number of hydrogen-bond donors (Lipinski definition) is 0. The molecule has 0 N–H and O–H groups in total. The van der Waals surface area contributed by atoms with E-state index in [1.54, 1.807) is 24.1 Å². The lowest BCUT2D eigenvalue weighted by Gasteiger charge is -2.21. The first-order valence-corrected chi connectivity index (χ1v) is 9.97. The van der Waals surface area contributed by atoms with Gasteiger partial charge < -0.3 is 0 Å². The van der Waals surface area contributed by atoms with Crippen LogP contribution in [0.3, 0.4) is 0 Å². The number of amides is 1. The zero-order valence-electron chi connectivity index (χ0n) is 13.6. The van der Waals surface area contributed by atoms with Crippen molar-refractivity contribution in [1.29, 1.82) is 5.26 Å². The Hall–Kier alpha value is -1.01. The summed E-state index contributed by atoms with van der Waals surface area (Å²) in [6.07, 6.45) is 9.67. The van der Waals surface area contributed by atoms with E-state index in [2.05, 4.69) is 11.1 Å². The molecule has 1 aliphatic heterocycles. The first kappa shape index (κ1) is 21.0. The van der Waals surface area contributed by atoms with E-state index in [0.717, 1.165) is 5.75 Å². The second-order valence-corrected chi connectivity index (χ2v) is 8.92. The van der Waals surface area contributed by atoms with Crippen LogP contribution in [0.25, 0.3) is 0 Å². The van der Waals surface area contributed by atoms with Crippen LogP contribution in [-0.2, 0) is 4.79 Å². The van der Waals surface area contributed by atoms with E-state index >= 15 is 0 Å². The van der Waals surface area contributed by atoms with Crippen molar-refractivity contribution in [3.63, 3.8) is 0 Å². The second kappa shape index (κ2) is 10.8. The maximum Gasteiger partial charge on any atom is 0.228 e. The number of carbonyl (C=O) groups excluding carboxylic acids is 1. The fraction of sp³-hybridized carbons (Fsp3) is 0.438. The van der Waals surface area contributed by atoms with Crippen LogP contribution in [0.2, 0.25) is 0 Å². The molecule has 1 fully saturated rings. The Kier molecular flexibility index (Phi) is 9.44. The van der Waals surface area contributed by atoms with Crippen molar-refractivity contribution in [3.05, 3.63) is 24.3 Å². The Morgan fingerprint density at radius 3 is 2.88 bits per heavy atom. The van der Waals surface area contributed by atoms with Crippen LogP contribution in [0, 0.1) is 11.3 Å². The summed E-state index contributed by atoms with van der Waals surface area (Å²) in [7, 11) is 0. The third-order valence-electron chi connectivity index (χ3n) is 3.11. The molecular formula is C16H19N3OS4. The summed E-state index contributed by atoms with van der Waals surface area (Å²) in [4.78, 5) is 17.9. The summed E-state index contributed by atoms with van der Waals surface area (Å²) in [6.45, 7) is 4.36. The number of thioether (sulfide) groups is 2. The normalized spacial score (nSPS) is 17.7. The number of nitrogens with zero attached hydrogens (tertiary/aromatic N) is 3. The monoisotopic (exact) mass is 397 g/mol. The summed E-state index contributed by atoms with van der Waals surface area (Å²) in [5.74, 6) is 0.810. The molecule has 1 rings (SSSR count). The first-order valence-electron chi connectivity index (χ1n) is 7.35. The van der Waals surface area contributed by atoms with Crippen LogP contribution in [0.4, 0.5) is 0 Å². The lowest BCUT2D eigenvalue weighted by atomic mass is 10.1. The van der Waals surface area contributed by atoms with Gasteiger partial charge in [0.25, 0.3) is 0 Å². The van der Waals surface area contributed by atoms with E-state index in [4.69, 9.17) is 24.4 Å². The van der Waals surface area contributed by atoms with Crippen LogP contribution in [0.1, 0.15) is 26.7 Å². The number of rotatable bonds is 6. The van der Waals surface area contributed by atoms with Gasteiger partial charge in [0.2, 0.25) is 5.91 Å². The molecule has 4 nitrogen and oxygen atoms in total. The zero-order valence-corrected chi connectivity index (χ0v) is 16.9. The fourth-order valence-corrected chi connectivity index (χ4v) is 4.38. The maximum absolute atomic E-state index is 12.2. The number of thiocarbonyl (C=S) groups is 2. The minimum atomic E-state index is -0.786. The zero-order chi connectivity index (χ0) is 18.0. The van der Waals surface area contributed by atoms with Crippen LogP contribution in [-0.4, -0.2) is 42.7 Å². The Labute approximate surface area is 162 Å². The van der Waals surface area contributed by atoms with E-state index in [0.29, 0.717) is 21.6 Å². The number of nitriles is 1. The van der Waals surface area contributed by atoms with Gasteiger partial charge in [0, 0.05) is 24.9 Å². The molecular weight excluding hydrogens is 378 g/mol. The summed E-state index contributed by atoms with van der Waals surface area (Å²) in [5, 5.41) is 9.45. The van der Waals surface area contributed by atoms with E-state index < -0.39 is 4.75 Å². The van der Waals surface area contributed by atoms with Crippen molar-refractivity contribution in [2.45, 2.75) is 31.4 Å². The van der Waals surface area contributed by atoms with Crippen molar-refractivity contribution in [1.82, 2.24) is 4.90 Å². The van der Waals surface area contributed by atoms with Crippen molar-refractivity contribution < 1.29 is 4.79 Å². The molecule has 0 bridgehead atoms. The summed E-state index contributed by atoms with van der Waals surface area (Å²) < 4.78 is 0.217. The molecule has 0 radical (unpaired) electrons. The first-order chi connectivity index (χ1) is 11.4. The number of allylic oxidation sites excluding steroid dienone is 4. The Morgan fingerprint density at radius 1 is 1.54 bits per heavy atom. The van der Waals surface area contributed by atoms with Gasteiger partial charge >= 0.3 is 0 Å². The van der Waals surface area contributed by atoms with Crippen molar-refractivity contribution >= 4 is 68.7 Å². The Bertz CT molecular complexity index is 621. The average molecular weight is 398 g/mol. The van der Waals surface area contributed by atoms with Gasteiger partial charge in [-0.2, -0.15) is 5.26 Å². The van der Waals surface area contributed by atoms with Crippen LogP contribution < -0.4 is 0 Å². The minimum absolute atomic E-state index is 0.0317. The highest BCUT2D eigenvalue weighted by Crippen LogP contribution is 2.32. The van der Waals surface area contributed by atoms with Crippen molar-refractivity contribution in [2.24, 2.45) is 4.99 Å². The van der Waals surface area contributed by atoms with E-state index in [9.17, 15) is 10.1 Å². The highest BCUT2D eigenvalue weighted by atomic mass is 32.2. The van der Waals surface area contributed by atoms with Crippen LogP contribution in [0.5, 0.6) is 0 Å². The topological polar surface area (TPSA) is 56.5 Å². The molecule has 128 valence electrons. The Balaban J connectivity index is 2.53. The van der Waals surface area contributed by atoms with E-state index in [1.807, 2.05) is 25.2 Å².